The molecule has 0 unspecified atom stereocenters. The smallest absolute Gasteiger partial charge is 0.245 e. The molecule has 0 aliphatic heterocycles. The Morgan fingerprint density at radius 3 is 2.67 bits per heavy atom. The SMILES string of the molecule is CCCOc1ccc(-c2nc(C(=O)[C@H](C#N)C(=O)NC)cs2)cc1. The Morgan fingerprint density at radius 2 is 2.08 bits per heavy atom. The highest BCUT2D eigenvalue weighted by Gasteiger charge is 2.28. The van der Waals surface area contributed by atoms with Gasteiger partial charge in [0.2, 0.25) is 11.7 Å². The van der Waals surface area contributed by atoms with Crippen LogP contribution < -0.4 is 10.1 Å². The molecule has 1 heterocycles. The molecule has 2 rings (SSSR count). The van der Waals surface area contributed by atoms with Gasteiger partial charge in [0.15, 0.2) is 5.92 Å². The maximum absolute atomic E-state index is 12.2. The number of nitrogens with zero attached hydrogens (tertiary/aromatic N) is 2. The fourth-order valence-corrected chi connectivity index (χ4v) is 2.78. The van der Waals surface area contributed by atoms with Gasteiger partial charge in [-0.25, -0.2) is 4.98 Å². The third-order valence-corrected chi connectivity index (χ3v) is 4.12. The molecule has 6 nitrogen and oxygen atoms in total. The van der Waals surface area contributed by atoms with E-state index in [9.17, 15) is 9.59 Å². The van der Waals surface area contributed by atoms with Crippen molar-refractivity contribution in [3.8, 4) is 22.4 Å². The van der Waals surface area contributed by atoms with Crippen molar-refractivity contribution in [1.82, 2.24) is 10.3 Å². The highest BCUT2D eigenvalue weighted by molar-refractivity contribution is 7.13. The lowest BCUT2D eigenvalue weighted by Crippen LogP contribution is -2.32. The predicted molar refractivity (Wildman–Crippen MR) is 90.8 cm³/mol. The van der Waals surface area contributed by atoms with Crippen molar-refractivity contribution in [2.24, 2.45) is 5.92 Å². The molecular weight excluding hydrogens is 326 g/mol. The summed E-state index contributed by atoms with van der Waals surface area (Å²) < 4.78 is 5.52. The number of nitriles is 1. The lowest BCUT2D eigenvalue weighted by Gasteiger charge is -2.05. The molecule has 0 saturated heterocycles. The van der Waals surface area contributed by atoms with Gasteiger partial charge in [0.1, 0.15) is 16.5 Å². The summed E-state index contributed by atoms with van der Waals surface area (Å²) in [6, 6.07) is 9.12. The van der Waals surface area contributed by atoms with Gasteiger partial charge in [-0.15, -0.1) is 11.3 Å². The molecule has 0 aliphatic rings. The van der Waals surface area contributed by atoms with Crippen molar-refractivity contribution < 1.29 is 14.3 Å². The molecular formula is C17H17N3O3S. The molecule has 0 radical (unpaired) electrons. The number of hydrogen-bond acceptors (Lipinski definition) is 6. The van der Waals surface area contributed by atoms with E-state index in [1.807, 2.05) is 31.2 Å². The molecule has 7 heteroatoms. The lowest BCUT2D eigenvalue weighted by atomic mass is 10.0. The molecule has 0 aliphatic carbocycles. The first-order valence-corrected chi connectivity index (χ1v) is 8.32. The number of thiazole rings is 1. The summed E-state index contributed by atoms with van der Waals surface area (Å²) in [5.41, 5.74) is 0.966. The first kappa shape index (κ1) is 17.6. The Labute approximate surface area is 144 Å². The van der Waals surface area contributed by atoms with Crippen molar-refractivity contribution in [1.29, 1.82) is 5.26 Å². The largest absolute Gasteiger partial charge is 0.494 e. The van der Waals surface area contributed by atoms with E-state index >= 15 is 0 Å². The Kier molecular flexibility index (Phi) is 6.04. The van der Waals surface area contributed by atoms with Crippen LogP contribution in [-0.2, 0) is 4.79 Å². The molecule has 1 N–H and O–H groups in total. The molecule has 0 fully saturated rings. The zero-order valence-corrected chi connectivity index (χ0v) is 14.2. The predicted octanol–water partition coefficient (Wildman–Crippen LogP) is 2.67. The first-order valence-electron chi connectivity index (χ1n) is 7.44. The zero-order chi connectivity index (χ0) is 17.5. The fraction of sp³-hybridized carbons (Fsp3) is 0.294. The number of Topliss-reactive ketones (excluding diaryl/α,β-unsaturated/α-hetero) is 1. The van der Waals surface area contributed by atoms with Crippen LogP contribution in [0.5, 0.6) is 5.75 Å². The number of ketones is 1. The van der Waals surface area contributed by atoms with Crippen LogP contribution in [0.2, 0.25) is 0 Å². The van der Waals surface area contributed by atoms with Gasteiger partial charge in [0, 0.05) is 18.0 Å². The monoisotopic (exact) mass is 343 g/mol. The van der Waals surface area contributed by atoms with Gasteiger partial charge in [-0.1, -0.05) is 6.92 Å². The van der Waals surface area contributed by atoms with Crippen LogP contribution >= 0.6 is 11.3 Å². The molecule has 1 aromatic heterocycles. The summed E-state index contributed by atoms with van der Waals surface area (Å²) in [4.78, 5) is 28.1. The number of carbonyl (C=O) groups excluding carboxylic acids is 2. The van der Waals surface area contributed by atoms with Crippen LogP contribution in [0.4, 0.5) is 0 Å². The second-order valence-electron chi connectivity index (χ2n) is 4.95. The highest BCUT2D eigenvalue weighted by Crippen LogP contribution is 2.26. The van der Waals surface area contributed by atoms with Gasteiger partial charge in [0.05, 0.1) is 12.7 Å². The minimum atomic E-state index is -1.38. The molecule has 124 valence electrons. The summed E-state index contributed by atoms with van der Waals surface area (Å²) in [6.07, 6.45) is 0.936. The topological polar surface area (TPSA) is 92.1 Å². The Bertz CT molecular complexity index is 762. The average molecular weight is 343 g/mol. The number of ether oxygens (including phenoxy) is 1. The van der Waals surface area contributed by atoms with Crippen molar-refractivity contribution in [2.45, 2.75) is 13.3 Å². The standard InChI is InChI=1S/C17H17N3O3S/c1-3-8-23-12-6-4-11(5-7-12)17-20-14(10-24-17)15(21)13(9-18)16(22)19-2/h4-7,10,13H,3,8H2,1-2H3,(H,19,22)/t13-/m0/s1. The van der Waals surface area contributed by atoms with Crippen LogP contribution in [0.15, 0.2) is 29.6 Å². The maximum Gasteiger partial charge on any atom is 0.245 e. The molecule has 24 heavy (non-hydrogen) atoms. The average Bonchev–Trinajstić information content (AvgIpc) is 3.10. The Morgan fingerprint density at radius 1 is 1.38 bits per heavy atom. The van der Waals surface area contributed by atoms with Crippen LogP contribution in [0.25, 0.3) is 10.6 Å². The second-order valence-corrected chi connectivity index (χ2v) is 5.81. The molecule has 1 aromatic carbocycles. The van der Waals surface area contributed by atoms with Crippen LogP contribution in [0, 0.1) is 17.2 Å². The van der Waals surface area contributed by atoms with E-state index in [0.29, 0.717) is 11.6 Å². The van der Waals surface area contributed by atoms with E-state index in [-0.39, 0.29) is 5.69 Å². The van der Waals surface area contributed by atoms with Crippen molar-refractivity contribution >= 4 is 23.0 Å². The van der Waals surface area contributed by atoms with Crippen molar-refractivity contribution in [3.63, 3.8) is 0 Å². The molecule has 1 amide bonds. The van der Waals surface area contributed by atoms with Gasteiger partial charge >= 0.3 is 0 Å². The third-order valence-electron chi connectivity index (χ3n) is 3.23. The van der Waals surface area contributed by atoms with E-state index in [2.05, 4.69) is 10.3 Å². The number of nitrogens with one attached hydrogen (secondary N) is 1. The molecule has 1 atom stereocenters. The van der Waals surface area contributed by atoms with Crippen LogP contribution in [0.3, 0.4) is 0 Å². The summed E-state index contributed by atoms with van der Waals surface area (Å²) >= 11 is 1.29. The quantitative estimate of drug-likeness (QED) is 0.616. The molecule has 0 bridgehead atoms. The number of aromatic nitrogens is 1. The van der Waals surface area contributed by atoms with Gasteiger partial charge in [0.25, 0.3) is 0 Å². The van der Waals surface area contributed by atoms with Crippen LogP contribution in [0.1, 0.15) is 23.8 Å². The third kappa shape index (κ3) is 3.97. The highest BCUT2D eigenvalue weighted by atomic mass is 32.1. The molecule has 0 spiro atoms. The van der Waals surface area contributed by atoms with Crippen molar-refractivity contribution in [2.75, 3.05) is 13.7 Å². The number of benzene rings is 1. The van der Waals surface area contributed by atoms with Gasteiger partial charge < -0.3 is 10.1 Å². The summed E-state index contributed by atoms with van der Waals surface area (Å²) in [7, 11) is 1.38. The zero-order valence-electron chi connectivity index (χ0n) is 13.4. The molecule has 0 saturated carbocycles. The van der Waals surface area contributed by atoms with Crippen molar-refractivity contribution in [3.05, 3.63) is 35.3 Å². The van der Waals surface area contributed by atoms with E-state index in [0.717, 1.165) is 17.7 Å². The van der Waals surface area contributed by atoms with E-state index in [1.165, 1.54) is 18.4 Å². The van der Waals surface area contributed by atoms with Gasteiger partial charge in [-0.3, -0.25) is 9.59 Å². The van der Waals surface area contributed by atoms with E-state index < -0.39 is 17.6 Å². The first-order chi connectivity index (χ1) is 11.6. The number of hydrogen-bond donors (Lipinski definition) is 1. The Balaban J connectivity index is 2.17. The van der Waals surface area contributed by atoms with E-state index in [1.54, 1.807) is 11.4 Å². The van der Waals surface area contributed by atoms with Crippen LogP contribution in [-0.4, -0.2) is 30.3 Å². The summed E-state index contributed by atoms with van der Waals surface area (Å²) in [6.45, 7) is 2.69. The normalized spacial score (nSPS) is 11.4. The van der Waals surface area contributed by atoms with E-state index in [4.69, 9.17) is 10.00 Å². The summed E-state index contributed by atoms with van der Waals surface area (Å²) in [5, 5.41) is 13.5. The van der Waals surface area contributed by atoms with Gasteiger partial charge in [-0.05, 0) is 30.7 Å². The summed E-state index contributed by atoms with van der Waals surface area (Å²) in [5.74, 6) is -1.83. The number of amides is 1. The number of carbonyl (C=O) groups is 2. The minimum Gasteiger partial charge on any atom is -0.494 e. The van der Waals surface area contributed by atoms with Gasteiger partial charge in [-0.2, -0.15) is 5.26 Å². The minimum absolute atomic E-state index is 0.122. The molecule has 2 aromatic rings. The second kappa shape index (κ2) is 8.22. The Hall–Kier alpha value is -2.72. The lowest BCUT2D eigenvalue weighted by molar-refractivity contribution is -0.121. The number of rotatable bonds is 7. The maximum atomic E-state index is 12.2. The fourth-order valence-electron chi connectivity index (χ4n) is 1.96.